The zero-order valence-corrected chi connectivity index (χ0v) is 25.4. The summed E-state index contributed by atoms with van der Waals surface area (Å²) in [5.41, 5.74) is 11.0. The number of carboxylic acids is 2. The maximum atomic E-state index is 13.2. The Hall–Kier alpha value is -3.83. The molecule has 44 heavy (non-hydrogen) atoms. The Morgan fingerprint density at radius 2 is 1.50 bits per heavy atom. The summed E-state index contributed by atoms with van der Waals surface area (Å²) < 4.78 is 0. The molecule has 6 atom stereocenters. The van der Waals surface area contributed by atoms with Crippen LogP contribution in [-0.2, 0) is 33.6 Å². The second-order valence-corrected chi connectivity index (χ2v) is 11.1. The molecule has 0 unspecified atom stereocenters. The van der Waals surface area contributed by atoms with Gasteiger partial charge in [0.05, 0.1) is 6.61 Å². The summed E-state index contributed by atoms with van der Waals surface area (Å²) in [7, 11) is 0. The zero-order chi connectivity index (χ0) is 33.6. The number of aliphatic hydroxyl groups is 1. The van der Waals surface area contributed by atoms with Gasteiger partial charge in [0.2, 0.25) is 29.5 Å². The van der Waals surface area contributed by atoms with Gasteiger partial charge in [-0.2, -0.15) is 0 Å². The number of carbonyl (C=O) groups excluding carboxylic acids is 5. The fourth-order valence-corrected chi connectivity index (χ4v) is 4.60. The molecule has 1 heterocycles. The third-order valence-electron chi connectivity index (χ3n) is 7.19. The van der Waals surface area contributed by atoms with Gasteiger partial charge in [0.1, 0.15) is 36.3 Å². The Kier molecular flexibility index (Phi) is 16.3. The molecular weight excluding hydrogens is 582 g/mol. The van der Waals surface area contributed by atoms with Crippen molar-refractivity contribution >= 4 is 41.5 Å². The van der Waals surface area contributed by atoms with Gasteiger partial charge in [-0.3, -0.25) is 28.8 Å². The number of likely N-dealkylation sites (tertiary alicyclic amines) is 1. The number of carbonyl (C=O) groups is 7. The number of hydrogen-bond acceptors (Lipinski definition) is 10. The lowest BCUT2D eigenvalue weighted by atomic mass is 10.0. The van der Waals surface area contributed by atoms with E-state index in [1.807, 2.05) is 0 Å². The van der Waals surface area contributed by atoms with Crippen LogP contribution in [-0.4, -0.2) is 118 Å². The lowest BCUT2D eigenvalue weighted by Crippen LogP contribution is -2.59. The molecule has 0 spiro atoms. The van der Waals surface area contributed by atoms with Crippen LogP contribution in [0.5, 0.6) is 0 Å². The van der Waals surface area contributed by atoms with Crippen molar-refractivity contribution in [3.8, 4) is 0 Å². The first kappa shape index (κ1) is 38.2. The van der Waals surface area contributed by atoms with Crippen molar-refractivity contribution in [3.05, 3.63) is 0 Å². The molecule has 1 rings (SSSR count). The molecule has 0 saturated carbocycles. The molecule has 5 amide bonds. The highest BCUT2D eigenvalue weighted by Crippen LogP contribution is 2.18. The molecule has 0 bridgehead atoms. The fourth-order valence-electron chi connectivity index (χ4n) is 4.60. The standard InChI is InChI=1S/C27H47N7O10/c1-14(2)21(25(41)32-18(27(43)44)7-4-5-11-28)33-23(39)17(9-10-20(36)37)31-22(38)15(3)30-24(40)19-8-6-12-34(19)26(42)16(29)13-35/h14-19,21,35H,4-13,28-29H2,1-3H3,(H,30,40)(H,31,38)(H,32,41)(H,33,39)(H,36,37)(H,43,44)/t15-,16-,17-,18-,19-,21-/m0/s1. The Labute approximate surface area is 255 Å². The second kappa shape index (κ2) is 18.7. The van der Waals surface area contributed by atoms with Crippen LogP contribution in [0.15, 0.2) is 0 Å². The van der Waals surface area contributed by atoms with Gasteiger partial charge >= 0.3 is 11.9 Å². The minimum Gasteiger partial charge on any atom is -0.481 e. The summed E-state index contributed by atoms with van der Waals surface area (Å²) in [4.78, 5) is 88.6. The Balaban J connectivity index is 2.97. The van der Waals surface area contributed by atoms with Gasteiger partial charge in [0.15, 0.2) is 0 Å². The average molecular weight is 630 g/mol. The number of rotatable bonds is 19. The third-order valence-corrected chi connectivity index (χ3v) is 7.19. The number of unbranched alkanes of at least 4 members (excludes halogenated alkanes) is 1. The van der Waals surface area contributed by atoms with Crippen molar-refractivity contribution in [2.75, 3.05) is 19.7 Å². The average Bonchev–Trinajstić information content (AvgIpc) is 3.46. The Morgan fingerprint density at radius 3 is 2.05 bits per heavy atom. The van der Waals surface area contributed by atoms with Crippen molar-refractivity contribution in [3.63, 3.8) is 0 Å². The minimum atomic E-state index is -1.42. The normalized spacial score (nSPS) is 18.0. The van der Waals surface area contributed by atoms with Crippen LogP contribution >= 0.6 is 0 Å². The summed E-state index contributed by atoms with van der Waals surface area (Å²) in [6.45, 7) is 4.56. The van der Waals surface area contributed by atoms with Crippen molar-refractivity contribution < 1.29 is 48.9 Å². The van der Waals surface area contributed by atoms with Crippen LogP contribution in [0.3, 0.4) is 0 Å². The highest BCUT2D eigenvalue weighted by molar-refractivity contribution is 5.96. The van der Waals surface area contributed by atoms with E-state index in [1.54, 1.807) is 13.8 Å². The number of carboxylic acid groups (broad SMARTS) is 2. The predicted octanol–water partition coefficient (Wildman–Crippen LogP) is -3.01. The van der Waals surface area contributed by atoms with Crippen LogP contribution in [0.2, 0.25) is 0 Å². The molecule has 17 heteroatoms. The van der Waals surface area contributed by atoms with Gasteiger partial charge in [-0.05, 0) is 57.9 Å². The van der Waals surface area contributed by atoms with E-state index in [4.69, 9.17) is 16.6 Å². The summed E-state index contributed by atoms with van der Waals surface area (Å²) in [6, 6.07) is -7.17. The SMILES string of the molecule is CC(C)[C@H](NC(=O)[C@H](CCC(=O)O)NC(=O)[C@H](C)NC(=O)[C@@H]1CCCN1C(=O)[C@@H](N)CO)C(=O)N[C@@H](CCCCN)C(=O)O. The van der Waals surface area contributed by atoms with Crippen LogP contribution in [0.4, 0.5) is 0 Å². The molecule has 1 saturated heterocycles. The molecule has 11 N–H and O–H groups in total. The maximum Gasteiger partial charge on any atom is 0.326 e. The summed E-state index contributed by atoms with van der Waals surface area (Å²) in [5, 5.41) is 37.6. The van der Waals surface area contributed by atoms with Crippen LogP contribution in [0.25, 0.3) is 0 Å². The maximum absolute atomic E-state index is 13.2. The van der Waals surface area contributed by atoms with Gasteiger partial charge in [-0.25, -0.2) is 4.79 Å². The van der Waals surface area contributed by atoms with Gasteiger partial charge < -0.3 is 53.0 Å². The third kappa shape index (κ3) is 12.0. The molecular formula is C27H47N7O10. The van der Waals surface area contributed by atoms with Crippen LogP contribution in [0, 0.1) is 5.92 Å². The van der Waals surface area contributed by atoms with Gasteiger partial charge in [0, 0.05) is 13.0 Å². The number of nitrogens with zero attached hydrogens (tertiary/aromatic N) is 1. The molecule has 0 aromatic rings. The van der Waals surface area contributed by atoms with E-state index in [-0.39, 0.29) is 19.4 Å². The second-order valence-electron chi connectivity index (χ2n) is 11.1. The molecule has 0 aromatic carbocycles. The summed E-state index contributed by atoms with van der Waals surface area (Å²) in [6.07, 6.45) is 1.09. The zero-order valence-electron chi connectivity index (χ0n) is 25.4. The topological polar surface area (TPSA) is 284 Å². The molecule has 1 aliphatic heterocycles. The summed E-state index contributed by atoms with van der Waals surface area (Å²) >= 11 is 0. The molecule has 0 aliphatic carbocycles. The first-order valence-electron chi connectivity index (χ1n) is 14.7. The Morgan fingerprint density at radius 1 is 0.864 bits per heavy atom. The van der Waals surface area contributed by atoms with Gasteiger partial charge in [0.25, 0.3) is 0 Å². The number of nitrogens with two attached hydrogens (primary N) is 2. The lowest BCUT2D eigenvalue weighted by Gasteiger charge is -2.28. The highest BCUT2D eigenvalue weighted by Gasteiger charge is 2.37. The smallest absolute Gasteiger partial charge is 0.326 e. The van der Waals surface area contributed by atoms with Crippen LogP contribution in [0.1, 0.15) is 65.7 Å². The lowest BCUT2D eigenvalue weighted by molar-refractivity contribution is -0.143. The predicted molar refractivity (Wildman–Crippen MR) is 155 cm³/mol. The van der Waals surface area contributed by atoms with E-state index in [0.29, 0.717) is 32.2 Å². The number of aliphatic hydroxyl groups excluding tert-OH is 1. The van der Waals surface area contributed by atoms with Gasteiger partial charge in [-0.1, -0.05) is 13.8 Å². The van der Waals surface area contributed by atoms with Crippen molar-refractivity contribution in [1.82, 2.24) is 26.2 Å². The molecule has 0 radical (unpaired) electrons. The first-order valence-corrected chi connectivity index (χ1v) is 14.7. The number of hydrogen-bond donors (Lipinski definition) is 9. The van der Waals surface area contributed by atoms with E-state index >= 15 is 0 Å². The van der Waals surface area contributed by atoms with E-state index < -0.39 is 96.7 Å². The number of aliphatic carboxylic acids is 2. The van der Waals surface area contributed by atoms with E-state index in [1.165, 1.54) is 11.8 Å². The quantitative estimate of drug-likeness (QED) is 0.0646. The van der Waals surface area contributed by atoms with E-state index in [0.717, 1.165) is 0 Å². The van der Waals surface area contributed by atoms with Crippen molar-refractivity contribution in [2.45, 2.75) is 102 Å². The summed E-state index contributed by atoms with van der Waals surface area (Å²) in [5.74, 6) is -6.75. The van der Waals surface area contributed by atoms with Gasteiger partial charge in [-0.15, -0.1) is 0 Å². The molecule has 250 valence electrons. The molecule has 17 nitrogen and oxygen atoms in total. The molecule has 1 fully saturated rings. The monoisotopic (exact) mass is 629 g/mol. The first-order chi connectivity index (χ1) is 20.6. The van der Waals surface area contributed by atoms with Crippen molar-refractivity contribution in [1.29, 1.82) is 0 Å². The largest absolute Gasteiger partial charge is 0.481 e. The highest BCUT2D eigenvalue weighted by atomic mass is 16.4. The Bertz CT molecular complexity index is 1040. The van der Waals surface area contributed by atoms with E-state index in [2.05, 4.69) is 21.3 Å². The molecule has 1 aliphatic rings. The van der Waals surface area contributed by atoms with Crippen molar-refractivity contribution in [2.24, 2.45) is 17.4 Å². The number of nitrogens with one attached hydrogen (secondary N) is 4. The number of amides is 5. The minimum absolute atomic E-state index is 0.124. The van der Waals surface area contributed by atoms with E-state index in [9.17, 15) is 43.8 Å². The molecule has 0 aromatic heterocycles. The fraction of sp³-hybridized carbons (Fsp3) is 0.741. The van der Waals surface area contributed by atoms with Crippen LogP contribution < -0.4 is 32.7 Å².